The molecule has 2 rings (SSSR count). The molecule has 0 spiro atoms. The van der Waals surface area contributed by atoms with E-state index in [1.54, 1.807) is 6.20 Å². The number of hydrogen-bond donors (Lipinski definition) is 1. The van der Waals surface area contributed by atoms with E-state index in [1.165, 1.54) is 0 Å². The summed E-state index contributed by atoms with van der Waals surface area (Å²) in [4.78, 5) is 6.53. The lowest BCUT2D eigenvalue weighted by Crippen LogP contribution is -2.42. The Morgan fingerprint density at radius 3 is 2.92 bits per heavy atom. The van der Waals surface area contributed by atoms with Crippen molar-refractivity contribution in [2.24, 2.45) is 0 Å². The summed E-state index contributed by atoms with van der Waals surface area (Å²) in [6, 6.07) is 0. The molecule has 1 aromatic heterocycles. The minimum atomic E-state index is 0.833. The summed E-state index contributed by atoms with van der Waals surface area (Å²) in [5.41, 5.74) is 0. The summed E-state index contributed by atoms with van der Waals surface area (Å²) in [7, 11) is 0. The first-order chi connectivity index (χ1) is 6.34. The third-order valence-electron chi connectivity index (χ3n) is 2.24. The quantitative estimate of drug-likeness (QED) is 0.716. The van der Waals surface area contributed by atoms with Crippen molar-refractivity contribution in [3.8, 4) is 0 Å². The minimum Gasteiger partial charge on any atom is -0.445 e. The van der Waals surface area contributed by atoms with Crippen molar-refractivity contribution in [3.05, 3.63) is 17.8 Å². The zero-order valence-electron chi connectivity index (χ0n) is 7.92. The summed E-state index contributed by atoms with van der Waals surface area (Å²) in [5, 5.41) is 3.31. The van der Waals surface area contributed by atoms with Crippen LogP contribution in [0.25, 0.3) is 0 Å². The number of rotatable bonds is 2. The van der Waals surface area contributed by atoms with Crippen LogP contribution in [-0.2, 0) is 6.54 Å². The number of aromatic nitrogens is 1. The second kappa shape index (κ2) is 3.89. The number of nitrogens with zero attached hydrogens (tertiary/aromatic N) is 2. The third kappa shape index (κ3) is 2.29. The molecule has 1 fully saturated rings. The molecule has 1 saturated heterocycles. The van der Waals surface area contributed by atoms with E-state index in [1.807, 2.05) is 6.92 Å². The molecule has 0 saturated carbocycles. The van der Waals surface area contributed by atoms with Crippen LogP contribution < -0.4 is 5.32 Å². The van der Waals surface area contributed by atoms with Crippen LogP contribution >= 0.6 is 0 Å². The Kier molecular flexibility index (Phi) is 2.61. The molecule has 1 aromatic rings. The molecular formula is C9H15N3O. The van der Waals surface area contributed by atoms with Crippen molar-refractivity contribution in [3.63, 3.8) is 0 Å². The molecule has 0 amide bonds. The minimum absolute atomic E-state index is 0.833. The first-order valence-electron chi connectivity index (χ1n) is 4.69. The highest BCUT2D eigenvalue weighted by Gasteiger charge is 2.12. The van der Waals surface area contributed by atoms with Crippen molar-refractivity contribution in [1.29, 1.82) is 0 Å². The molecule has 0 atom stereocenters. The van der Waals surface area contributed by atoms with Gasteiger partial charge in [-0.1, -0.05) is 0 Å². The first-order valence-corrected chi connectivity index (χ1v) is 4.69. The van der Waals surface area contributed by atoms with Gasteiger partial charge in [0.15, 0.2) is 0 Å². The molecule has 2 heterocycles. The van der Waals surface area contributed by atoms with Crippen LogP contribution in [0.4, 0.5) is 0 Å². The monoisotopic (exact) mass is 181 g/mol. The van der Waals surface area contributed by atoms with E-state index in [0.717, 1.165) is 44.4 Å². The van der Waals surface area contributed by atoms with Crippen molar-refractivity contribution in [2.45, 2.75) is 13.5 Å². The Labute approximate surface area is 77.9 Å². The van der Waals surface area contributed by atoms with E-state index in [0.29, 0.717) is 0 Å². The maximum absolute atomic E-state index is 5.41. The van der Waals surface area contributed by atoms with Crippen LogP contribution in [0.1, 0.15) is 11.7 Å². The molecule has 0 aliphatic carbocycles. The van der Waals surface area contributed by atoms with Gasteiger partial charge in [-0.3, -0.25) is 4.90 Å². The maximum atomic E-state index is 5.41. The zero-order valence-corrected chi connectivity index (χ0v) is 7.92. The number of nitrogens with one attached hydrogen (secondary N) is 1. The average molecular weight is 181 g/mol. The summed E-state index contributed by atoms with van der Waals surface area (Å²) in [6.45, 7) is 7.08. The fraction of sp³-hybridized carbons (Fsp3) is 0.667. The summed E-state index contributed by atoms with van der Waals surface area (Å²) in [6.07, 6.45) is 1.78. The fourth-order valence-electron chi connectivity index (χ4n) is 1.54. The van der Waals surface area contributed by atoms with E-state index in [2.05, 4.69) is 15.2 Å². The predicted octanol–water partition coefficient (Wildman–Crippen LogP) is 0.388. The first kappa shape index (κ1) is 8.72. The third-order valence-corrected chi connectivity index (χ3v) is 2.24. The van der Waals surface area contributed by atoms with Crippen LogP contribution in [0.2, 0.25) is 0 Å². The lowest BCUT2D eigenvalue weighted by Gasteiger charge is -2.25. The van der Waals surface area contributed by atoms with Gasteiger partial charge in [-0.15, -0.1) is 0 Å². The van der Waals surface area contributed by atoms with Gasteiger partial charge in [-0.2, -0.15) is 0 Å². The van der Waals surface area contributed by atoms with Crippen LogP contribution in [-0.4, -0.2) is 36.1 Å². The van der Waals surface area contributed by atoms with Crippen molar-refractivity contribution in [2.75, 3.05) is 26.2 Å². The van der Waals surface area contributed by atoms with E-state index in [4.69, 9.17) is 4.42 Å². The van der Waals surface area contributed by atoms with E-state index >= 15 is 0 Å². The largest absolute Gasteiger partial charge is 0.445 e. The molecule has 1 aliphatic heterocycles. The second-order valence-corrected chi connectivity index (χ2v) is 3.39. The Hall–Kier alpha value is -0.870. The van der Waals surface area contributed by atoms with Crippen LogP contribution in [0.5, 0.6) is 0 Å². The second-order valence-electron chi connectivity index (χ2n) is 3.39. The van der Waals surface area contributed by atoms with E-state index in [-0.39, 0.29) is 0 Å². The van der Waals surface area contributed by atoms with Crippen LogP contribution in [0.3, 0.4) is 0 Å². The van der Waals surface area contributed by atoms with Gasteiger partial charge in [-0.25, -0.2) is 4.98 Å². The SMILES string of the molecule is Cc1cnc(CN2CCNCC2)o1. The lowest BCUT2D eigenvalue weighted by molar-refractivity contribution is 0.211. The summed E-state index contributed by atoms with van der Waals surface area (Å²) >= 11 is 0. The highest BCUT2D eigenvalue weighted by molar-refractivity contribution is 4.91. The molecule has 13 heavy (non-hydrogen) atoms. The van der Waals surface area contributed by atoms with Crippen molar-refractivity contribution in [1.82, 2.24) is 15.2 Å². The number of oxazole rings is 1. The molecule has 4 nitrogen and oxygen atoms in total. The Balaban J connectivity index is 1.89. The van der Waals surface area contributed by atoms with Crippen LogP contribution in [0, 0.1) is 6.92 Å². The maximum Gasteiger partial charge on any atom is 0.208 e. The molecule has 1 aliphatic rings. The number of piperazine rings is 1. The highest BCUT2D eigenvalue weighted by atomic mass is 16.4. The molecule has 0 unspecified atom stereocenters. The van der Waals surface area contributed by atoms with Crippen LogP contribution in [0.15, 0.2) is 10.6 Å². The van der Waals surface area contributed by atoms with Gasteiger partial charge in [-0.05, 0) is 6.92 Å². The summed E-state index contributed by atoms with van der Waals surface area (Å²) < 4.78 is 5.41. The van der Waals surface area contributed by atoms with Gasteiger partial charge in [0.05, 0.1) is 12.7 Å². The standard InChI is InChI=1S/C9H15N3O/c1-8-6-11-9(13-8)7-12-4-2-10-3-5-12/h6,10H,2-5,7H2,1H3. The number of hydrogen-bond acceptors (Lipinski definition) is 4. The average Bonchev–Trinajstić information content (AvgIpc) is 2.53. The normalized spacial score (nSPS) is 19.2. The van der Waals surface area contributed by atoms with E-state index in [9.17, 15) is 0 Å². The molecule has 72 valence electrons. The molecule has 0 bridgehead atoms. The smallest absolute Gasteiger partial charge is 0.208 e. The fourth-order valence-corrected chi connectivity index (χ4v) is 1.54. The van der Waals surface area contributed by atoms with E-state index < -0.39 is 0 Å². The molecule has 0 radical (unpaired) electrons. The lowest BCUT2D eigenvalue weighted by atomic mass is 10.3. The Morgan fingerprint density at radius 2 is 2.31 bits per heavy atom. The van der Waals surface area contributed by atoms with Crippen molar-refractivity contribution >= 4 is 0 Å². The van der Waals surface area contributed by atoms with Gasteiger partial charge < -0.3 is 9.73 Å². The van der Waals surface area contributed by atoms with Gasteiger partial charge in [0.2, 0.25) is 5.89 Å². The molecule has 1 N–H and O–H groups in total. The topological polar surface area (TPSA) is 41.3 Å². The van der Waals surface area contributed by atoms with Gasteiger partial charge >= 0.3 is 0 Å². The highest BCUT2D eigenvalue weighted by Crippen LogP contribution is 2.05. The summed E-state index contributed by atoms with van der Waals surface area (Å²) in [5.74, 6) is 1.73. The Bertz CT molecular complexity index is 266. The molecule has 0 aromatic carbocycles. The molecule has 4 heteroatoms. The Morgan fingerprint density at radius 1 is 1.54 bits per heavy atom. The van der Waals surface area contributed by atoms with Gasteiger partial charge in [0.1, 0.15) is 5.76 Å². The molecular weight excluding hydrogens is 166 g/mol. The van der Waals surface area contributed by atoms with Gasteiger partial charge in [0, 0.05) is 26.2 Å². The van der Waals surface area contributed by atoms with Gasteiger partial charge in [0.25, 0.3) is 0 Å². The zero-order chi connectivity index (χ0) is 9.10. The van der Waals surface area contributed by atoms with Crippen molar-refractivity contribution < 1.29 is 4.42 Å². The predicted molar refractivity (Wildman–Crippen MR) is 49.4 cm³/mol. The number of aryl methyl sites for hydroxylation is 1.